The quantitative estimate of drug-likeness (QED) is 0.929. The summed E-state index contributed by atoms with van der Waals surface area (Å²) >= 11 is 3.36. The van der Waals surface area contributed by atoms with Crippen molar-refractivity contribution >= 4 is 27.3 Å². The zero-order valence-corrected chi connectivity index (χ0v) is 11.4. The number of halogens is 1. The average Bonchev–Trinajstić information content (AvgIpc) is 2.40. The van der Waals surface area contributed by atoms with Gasteiger partial charge in [-0.1, -0.05) is 6.07 Å². The molecule has 0 aliphatic heterocycles. The zero-order valence-electron chi connectivity index (χ0n) is 9.77. The number of nitrogens with one attached hydrogen (secondary N) is 1. The van der Waals surface area contributed by atoms with Gasteiger partial charge >= 0.3 is 0 Å². The minimum Gasteiger partial charge on any atom is -0.497 e. The van der Waals surface area contributed by atoms with E-state index < -0.39 is 0 Å². The Bertz CT molecular complexity index is 588. The van der Waals surface area contributed by atoms with E-state index in [0.717, 1.165) is 21.6 Å². The zero-order chi connectivity index (χ0) is 13.0. The molecule has 0 radical (unpaired) electrons. The van der Waals surface area contributed by atoms with Crippen LogP contribution in [0.4, 0.5) is 11.4 Å². The number of hydrogen-bond acceptors (Lipinski definition) is 3. The molecule has 0 aliphatic carbocycles. The van der Waals surface area contributed by atoms with Crippen molar-refractivity contribution in [1.29, 1.82) is 5.26 Å². The molecule has 4 heteroatoms. The smallest absolute Gasteiger partial charge is 0.119 e. The van der Waals surface area contributed by atoms with Crippen LogP contribution in [0.15, 0.2) is 46.9 Å². The Labute approximate surface area is 114 Å². The Kier molecular flexibility index (Phi) is 3.85. The summed E-state index contributed by atoms with van der Waals surface area (Å²) in [6.45, 7) is 0. The normalized spacial score (nSPS) is 9.61. The predicted octanol–water partition coefficient (Wildman–Crippen LogP) is 4.07. The number of anilines is 2. The molecule has 0 fully saturated rings. The van der Waals surface area contributed by atoms with Gasteiger partial charge in [0.2, 0.25) is 0 Å². The number of rotatable bonds is 3. The molecule has 0 bridgehead atoms. The molecule has 2 aromatic rings. The first-order chi connectivity index (χ1) is 8.74. The molecule has 0 saturated heterocycles. The van der Waals surface area contributed by atoms with E-state index in [-0.39, 0.29) is 0 Å². The van der Waals surface area contributed by atoms with E-state index in [9.17, 15) is 0 Å². The maximum Gasteiger partial charge on any atom is 0.119 e. The van der Waals surface area contributed by atoms with Gasteiger partial charge in [-0.15, -0.1) is 0 Å². The van der Waals surface area contributed by atoms with Gasteiger partial charge in [0.05, 0.1) is 18.4 Å². The standard InChI is InChI=1S/C14H11BrN2O/c1-18-11-7-5-10(6-8-11)17-14-4-2-3-13(15)12(14)9-16/h2-8,17H,1H3. The van der Waals surface area contributed by atoms with Crippen LogP contribution in [0.25, 0.3) is 0 Å². The van der Waals surface area contributed by atoms with E-state index >= 15 is 0 Å². The largest absolute Gasteiger partial charge is 0.497 e. The van der Waals surface area contributed by atoms with Gasteiger partial charge in [-0.3, -0.25) is 0 Å². The Balaban J connectivity index is 2.28. The number of hydrogen-bond donors (Lipinski definition) is 1. The maximum absolute atomic E-state index is 9.12. The monoisotopic (exact) mass is 302 g/mol. The lowest BCUT2D eigenvalue weighted by atomic mass is 10.2. The van der Waals surface area contributed by atoms with E-state index in [1.807, 2.05) is 42.5 Å². The van der Waals surface area contributed by atoms with Gasteiger partial charge in [0.1, 0.15) is 11.8 Å². The molecule has 0 atom stereocenters. The van der Waals surface area contributed by atoms with E-state index in [2.05, 4.69) is 27.3 Å². The first-order valence-electron chi connectivity index (χ1n) is 5.34. The van der Waals surface area contributed by atoms with Crippen LogP contribution in [0, 0.1) is 11.3 Å². The average molecular weight is 303 g/mol. The van der Waals surface area contributed by atoms with Gasteiger partial charge in [-0.05, 0) is 52.3 Å². The van der Waals surface area contributed by atoms with Crippen molar-refractivity contribution in [1.82, 2.24) is 0 Å². The summed E-state index contributed by atoms with van der Waals surface area (Å²) in [6.07, 6.45) is 0. The summed E-state index contributed by atoms with van der Waals surface area (Å²) in [4.78, 5) is 0. The highest BCUT2D eigenvalue weighted by molar-refractivity contribution is 9.10. The first-order valence-corrected chi connectivity index (χ1v) is 6.13. The third-order valence-corrected chi connectivity index (χ3v) is 3.16. The molecule has 0 aromatic heterocycles. The van der Waals surface area contributed by atoms with Crippen LogP contribution in [0.5, 0.6) is 5.75 Å². The lowest BCUT2D eigenvalue weighted by Gasteiger charge is -2.09. The molecule has 2 rings (SSSR count). The molecule has 18 heavy (non-hydrogen) atoms. The molecule has 0 aliphatic rings. The van der Waals surface area contributed by atoms with Crippen molar-refractivity contribution in [3.63, 3.8) is 0 Å². The molecule has 0 saturated carbocycles. The van der Waals surface area contributed by atoms with Crippen molar-refractivity contribution in [2.45, 2.75) is 0 Å². The van der Waals surface area contributed by atoms with Gasteiger partial charge < -0.3 is 10.1 Å². The SMILES string of the molecule is COc1ccc(Nc2cccc(Br)c2C#N)cc1. The Morgan fingerprint density at radius 3 is 2.50 bits per heavy atom. The molecule has 1 N–H and O–H groups in total. The Hall–Kier alpha value is -1.99. The van der Waals surface area contributed by atoms with E-state index in [0.29, 0.717) is 5.56 Å². The van der Waals surface area contributed by atoms with Crippen molar-refractivity contribution < 1.29 is 4.74 Å². The number of nitriles is 1. The van der Waals surface area contributed by atoms with Crippen molar-refractivity contribution in [3.8, 4) is 11.8 Å². The molecule has 2 aromatic carbocycles. The van der Waals surface area contributed by atoms with E-state index in [1.165, 1.54) is 0 Å². The molecule has 0 unspecified atom stereocenters. The van der Waals surface area contributed by atoms with Crippen LogP contribution in [-0.4, -0.2) is 7.11 Å². The summed E-state index contributed by atoms with van der Waals surface area (Å²) in [7, 11) is 1.63. The van der Waals surface area contributed by atoms with Gasteiger partial charge in [-0.2, -0.15) is 5.26 Å². The van der Waals surface area contributed by atoms with Crippen LogP contribution in [0.3, 0.4) is 0 Å². The number of ether oxygens (including phenoxy) is 1. The second kappa shape index (κ2) is 5.56. The number of methoxy groups -OCH3 is 1. The van der Waals surface area contributed by atoms with Gasteiger partial charge in [-0.25, -0.2) is 0 Å². The Morgan fingerprint density at radius 1 is 1.17 bits per heavy atom. The number of nitrogens with zero attached hydrogens (tertiary/aromatic N) is 1. The lowest BCUT2D eigenvalue weighted by molar-refractivity contribution is 0.415. The molecular weight excluding hydrogens is 292 g/mol. The van der Waals surface area contributed by atoms with E-state index in [4.69, 9.17) is 10.00 Å². The highest BCUT2D eigenvalue weighted by atomic mass is 79.9. The molecule has 0 spiro atoms. The van der Waals surface area contributed by atoms with Crippen LogP contribution in [-0.2, 0) is 0 Å². The second-order valence-corrected chi connectivity index (χ2v) is 4.48. The molecule has 0 amide bonds. The van der Waals surface area contributed by atoms with Crippen molar-refractivity contribution in [2.24, 2.45) is 0 Å². The van der Waals surface area contributed by atoms with Gasteiger partial charge in [0.15, 0.2) is 0 Å². The Morgan fingerprint density at radius 2 is 1.89 bits per heavy atom. The van der Waals surface area contributed by atoms with Gasteiger partial charge in [0.25, 0.3) is 0 Å². The molecule has 90 valence electrons. The number of benzene rings is 2. The van der Waals surface area contributed by atoms with E-state index in [1.54, 1.807) is 7.11 Å². The minimum atomic E-state index is 0.591. The molecular formula is C14H11BrN2O. The maximum atomic E-state index is 9.12. The van der Waals surface area contributed by atoms with Crippen LogP contribution < -0.4 is 10.1 Å². The topological polar surface area (TPSA) is 45.0 Å². The summed E-state index contributed by atoms with van der Waals surface area (Å²) in [5, 5.41) is 12.3. The summed E-state index contributed by atoms with van der Waals surface area (Å²) in [5.41, 5.74) is 2.27. The summed E-state index contributed by atoms with van der Waals surface area (Å²) < 4.78 is 5.88. The lowest BCUT2D eigenvalue weighted by Crippen LogP contribution is -1.94. The van der Waals surface area contributed by atoms with Crippen LogP contribution in [0.1, 0.15) is 5.56 Å². The van der Waals surface area contributed by atoms with Crippen molar-refractivity contribution in [3.05, 3.63) is 52.5 Å². The minimum absolute atomic E-state index is 0.591. The third kappa shape index (κ3) is 2.63. The fourth-order valence-electron chi connectivity index (χ4n) is 1.57. The summed E-state index contributed by atoms with van der Waals surface area (Å²) in [6, 6.07) is 15.3. The predicted molar refractivity (Wildman–Crippen MR) is 75.1 cm³/mol. The fourth-order valence-corrected chi connectivity index (χ4v) is 2.03. The fraction of sp³-hybridized carbons (Fsp3) is 0.0714. The van der Waals surface area contributed by atoms with Crippen LogP contribution >= 0.6 is 15.9 Å². The van der Waals surface area contributed by atoms with Crippen molar-refractivity contribution in [2.75, 3.05) is 12.4 Å². The molecule has 0 heterocycles. The highest BCUT2D eigenvalue weighted by Gasteiger charge is 2.05. The van der Waals surface area contributed by atoms with Crippen LogP contribution in [0.2, 0.25) is 0 Å². The first kappa shape index (κ1) is 12.5. The highest BCUT2D eigenvalue weighted by Crippen LogP contribution is 2.27. The molecule has 3 nitrogen and oxygen atoms in total. The van der Waals surface area contributed by atoms with Gasteiger partial charge in [0, 0.05) is 10.2 Å². The third-order valence-electron chi connectivity index (χ3n) is 2.49. The second-order valence-electron chi connectivity index (χ2n) is 3.63. The summed E-state index contributed by atoms with van der Waals surface area (Å²) in [5.74, 6) is 0.801.